The van der Waals surface area contributed by atoms with Crippen molar-refractivity contribution in [2.75, 3.05) is 38.9 Å². The van der Waals surface area contributed by atoms with E-state index < -0.39 is 0 Å². The minimum Gasteiger partial charge on any atom is -0.383 e. The van der Waals surface area contributed by atoms with Crippen molar-refractivity contribution >= 4 is 21.7 Å². The Kier molecular flexibility index (Phi) is 6.82. The van der Waals surface area contributed by atoms with Gasteiger partial charge in [0, 0.05) is 38.7 Å². The number of nitrogens with zero attached hydrogens (tertiary/aromatic N) is 3. The lowest BCUT2D eigenvalue weighted by atomic mass is 10.2. The first kappa shape index (κ1) is 16.5. The van der Waals surface area contributed by atoms with Crippen LogP contribution in [0.1, 0.15) is 18.2 Å². The number of aromatic nitrogens is 2. The molecule has 0 aromatic carbocycles. The molecule has 0 radical (unpaired) electrons. The Labute approximate surface area is 124 Å². The molecule has 0 amide bonds. The van der Waals surface area contributed by atoms with Crippen molar-refractivity contribution in [3.63, 3.8) is 0 Å². The van der Waals surface area contributed by atoms with E-state index in [0.29, 0.717) is 13.2 Å². The van der Waals surface area contributed by atoms with Crippen molar-refractivity contribution in [1.29, 1.82) is 0 Å². The van der Waals surface area contributed by atoms with Crippen LogP contribution in [0.5, 0.6) is 0 Å². The highest BCUT2D eigenvalue weighted by atomic mass is 79.9. The fourth-order valence-corrected chi connectivity index (χ4v) is 2.92. The topological polar surface area (TPSA) is 39.5 Å². The first-order valence-corrected chi connectivity index (χ1v) is 7.51. The maximum Gasteiger partial charge on any atom is 0.131 e. The normalized spacial score (nSPS) is 12.7. The lowest BCUT2D eigenvalue weighted by Crippen LogP contribution is -2.40. The van der Waals surface area contributed by atoms with Gasteiger partial charge in [-0.05, 0) is 13.8 Å². The van der Waals surface area contributed by atoms with E-state index in [9.17, 15) is 0 Å². The third-order valence-corrected chi connectivity index (χ3v) is 3.76. The van der Waals surface area contributed by atoms with Gasteiger partial charge in [-0.1, -0.05) is 15.9 Å². The Hall–Kier alpha value is -0.590. The Morgan fingerprint density at radius 1 is 1.37 bits per heavy atom. The monoisotopic (exact) mass is 333 g/mol. The minimum absolute atomic E-state index is 0.271. The summed E-state index contributed by atoms with van der Waals surface area (Å²) in [5.41, 5.74) is 2.28. The van der Waals surface area contributed by atoms with Crippen molar-refractivity contribution in [2.24, 2.45) is 7.05 Å². The van der Waals surface area contributed by atoms with E-state index in [1.165, 1.54) is 5.56 Å². The molecule has 0 aliphatic carbocycles. The van der Waals surface area contributed by atoms with E-state index in [1.807, 2.05) is 18.7 Å². The maximum absolute atomic E-state index is 5.28. The second-order valence-electron chi connectivity index (χ2n) is 4.64. The zero-order valence-electron chi connectivity index (χ0n) is 12.4. The second kappa shape index (κ2) is 7.87. The standard InChI is InChI=1S/C13H24BrN3O2/c1-10(9-19-5)17(6-7-18-4)13-12(8-14)11(2)15-16(13)3/h10H,6-9H2,1-5H3. The molecular weight excluding hydrogens is 310 g/mol. The molecule has 0 aliphatic heterocycles. The van der Waals surface area contributed by atoms with Gasteiger partial charge in [-0.15, -0.1) is 0 Å². The van der Waals surface area contributed by atoms with Gasteiger partial charge in [-0.2, -0.15) is 5.10 Å². The highest BCUT2D eigenvalue weighted by Crippen LogP contribution is 2.27. The van der Waals surface area contributed by atoms with E-state index in [4.69, 9.17) is 9.47 Å². The van der Waals surface area contributed by atoms with Crippen molar-refractivity contribution in [1.82, 2.24) is 9.78 Å². The zero-order chi connectivity index (χ0) is 14.4. The molecule has 110 valence electrons. The van der Waals surface area contributed by atoms with Crippen molar-refractivity contribution < 1.29 is 9.47 Å². The fraction of sp³-hybridized carbons (Fsp3) is 0.769. The number of halogens is 1. The van der Waals surface area contributed by atoms with Gasteiger partial charge in [0.15, 0.2) is 0 Å². The SMILES string of the molecule is COCCN(c1c(CBr)c(C)nn1C)C(C)COC. The quantitative estimate of drug-likeness (QED) is 0.683. The van der Waals surface area contributed by atoms with Gasteiger partial charge in [0.1, 0.15) is 5.82 Å². The molecule has 1 aromatic heterocycles. The number of hydrogen-bond donors (Lipinski definition) is 0. The van der Waals surface area contributed by atoms with Crippen LogP contribution >= 0.6 is 15.9 Å². The minimum atomic E-state index is 0.271. The first-order chi connectivity index (χ1) is 9.06. The molecule has 6 heteroatoms. The zero-order valence-corrected chi connectivity index (χ0v) is 14.0. The molecule has 0 fully saturated rings. The van der Waals surface area contributed by atoms with Crippen molar-refractivity contribution in [3.8, 4) is 0 Å². The Morgan fingerprint density at radius 2 is 2.05 bits per heavy atom. The van der Waals surface area contributed by atoms with E-state index >= 15 is 0 Å². The first-order valence-electron chi connectivity index (χ1n) is 6.39. The van der Waals surface area contributed by atoms with Crippen LogP contribution in [0.4, 0.5) is 5.82 Å². The van der Waals surface area contributed by atoms with Gasteiger partial charge in [-0.25, -0.2) is 0 Å². The lowest BCUT2D eigenvalue weighted by Gasteiger charge is -2.31. The molecule has 0 saturated heterocycles. The molecule has 0 bridgehead atoms. The smallest absolute Gasteiger partial charge is 0.131 e. The molecule has 0 saturated carbocycles. The Balaban J connectivity index is 3.08. The van der Waals surface area contributed by atoms with Crippen LogP contribution in [0.25, 0.3) is 0 Å². The third-order valence-electron chi connectivity index (χ3n) is 3.20. The maximum atomic E-state index is 5.28. The Bertz CT molecular complexity index is 395. The molecule has 5 nitrogen and oxygen atoms in total. The van der Waals surface area contributed by atoms with Gasteiger partial charge < -0.3 is 14.4 Å². The average Bonchev–Trinajstić information content (AvgIpc) is 2.65. The van der Waals surface area contributed by atoms with Crippen molar-refractivity contribution in [3.05, 3.63) is 11.3 Å². The predicted octanol–water partition coefficient (Wildman–Crippen LogP) is 2.11. The highest BCUT2D eigenvalue weighted by Gasteiger charge is 2.22. The number of ether oxygens (including phenoxy) is 2. The summed E-state index contributed by atoms with van der Waals surface area (Å²) in [6.07, 6.45) is 0. The summed E-state index contributed by atoms with van der Waals surface area (Å²) < 4.78 is 12.4. The molecule has 1 unspecified atom stereocenters. The van der Waals surface area contributed by atoms with Crippen molar-refractivity contribution in [2.45, 2.75) is 25.2 Å². The molecule has 1 rings (SSSR count). The molecule has 1 heterocycles. The molecule has 0 N–H and O–H groups in total. The van der Waals surface area contributed by atoms with Crippen LogP contribution < -0.4 is 4.90 Å². The van der Waals surface area contributed by atoms with Gasteiger partial charge in [-0.3, -0.25) is 4.68 Å². The average molecular weight is 334 g/mol. The van der Waals surface area contributed by atoms with Crippen LogP contribution in [-0.2, 0) is 21.9 Å². The number of rotatable bonds is 8. The molecular formula is C13H24BrN3O2. The molecule has 1 aromatic rings. The third kappa shape index (κ3) is 3.94. The van der Waals surface area contributed by atoms with E-state index in [0.717, 1.165) is 23.4 Å². The summed E-state index contributed by atoms with van der Waals surface area (Å²) in [6.45, 7) is 6.37. The molecule has 0 spiro atoms. The van der Waals surface area contributed by atoms with Crippen LogP contribution in [0.3, 0.4) is 0 Å². The summed E-state index contributed by atoms with van der Waals surface area (Å²) in [4.78, 5) is 2.30. The number of methoxy groups -OCH3 is 2. The van der Waals surface area contributed by atoms with Crippen LogP contribution in [0.15, 0.2) is 0 Å². The largest absolute Gasteiger partial charge is 0.383 e. The van der Waals surface area contributed by atoms with E-state index in [-0.39, 0.29) is 6.04 Å². The summed E-state index contributed by atoms with van der Waals surface area (Å²) >= 11 is 3.55. The molecule has 1 atom stereocenters. The number of hydrogen-bond acceptors (Lipinski definition) is 4. The summed E-state index contributed by atoms with van der Waals surface area (Å²) in [7, 11) is 5.43. The second-order valence-corrected chi connectivity index (χ2v) is 5.20. The number of alkyl halides is 1. The highest BCUT2D eigenvalue weighted by molar-refractivity contribution is 9.08. The Morgan fingerprint density at radius 3 is 2.58 bits per heavy atom. The van der Waals surface area contributed by atoms with Gasteiger partial charge in [0.25, 0.3) is 0 Å². The molecule has 19 heavy (non-hydrogen) atoms. The van der Waals surface area contributed by atoms with Crippen LogP contribution in [0, 0.1) is 6.92 Å². The number of anilines is 1. The summed E-state index contributed by atoms with van der Waals surface area (Å²) in [5, 5.41) is 5.31. The number of aryl methyl sites for hydroxylation is 2. The molecule has 0 aliphatic rings. The van der Waals surface area contributed by atoms with Crippen LogP contribution in [-0.4, -0.2) is 49.8 Å². The summed E-state index contributed by atoms with van der Waals surface area (Å²) in [6, 6.07) is 0.271. The van der Waals surface area contributed by atoms with Gasteiger partial charge >= 0.3 is 0 Å². The summed E-state index contributed by atoms with van der Waals surface area (Å²) in [5.74, 6) is 1.14. The van der Waals surface area contributed by atoms with E-state index in [2.05, 4.69) is 32.9 Å². The van der Waals surface area contributed by atoms with Crippen LogP contribution in [0.2, 0.25) is 0 Å². The fourth-order valence-electron chi connectivity index (χ4n) is 2.26. The predicted molar refractivity (Wildman–Crippen MR) is 81.1 cm³/mol. The lowest BCUT2D eigenvalue weighted by molar-refractivity contribution is 0.170. The van der Waals surface area contributed by atoms with E-state index in [1.54, 1.807) is 14.2 Å². The van der Waals surface area contributed by atoms with Gasteiger partial charge in [0.2, 0.25) is 0 Å². The van der Waals surface area contributed by atoms with Gasteiger partial charge in [0.05, 0.1) is 24.9 Å².